The van der Waals surface area contributed by atoms with E-state index in [9.17, 15) is 34.8 Å². The molecular weight excluding hydrogens is 454 g/mol. The van der Waals surface area contributed by atoms with Gasteiger partial charge in [0.1, 0.15) is 22.8 Å². The largest absolute Gasteiger partial charge is 0.508 e. The van der Waals surface area contributed by atoms with Gasteiger partial charge >= 0.3 is 0 Å². The smallest absolute Gasteiger partial charge is 0.255 e. The molecule has 0 bridgehead atoms. The topological polar surface area (TPSA) is 165 Å². The number of benzene rings is 1. The van der Waals surface area contributed by atoms with Crippen LogP contribution >= 0.6 is 0 Å². The number of carbonyl (C=O) groups is 3. The molecule has 3 fully saturated rings. The number of amides is 1. The third kappa shape index (κ3) is 2.75. The van der Waals surface area contributed by atoms with Crippen molar-refractivity contribution in [2.45, 2.75) is 37.3 Å². The van der Waals surface area contributed by atoms with Crippen LogP contribution < -0.4 is 10.6 Å². The van der Waals surface area contributed by atoms with E-state index in [0.29, 0.717) is 19.5 Å². The first kappa shape index (κ1) is 22.1. The van der Waals surface area contributed by atoms with Crippen LogP contribution in [-0.2, 0) is 20.8 Å². The number of hydrogen-bond acceptors (Lipinski definition) is 9. The lowest BCUT2D eigenvalue weighted by atomic mass is 9.57. The number of rotatable bonds is 3. The Hall–Kier alpha value is -3.37. The molecule has 3 aliphatic carbocycles. The van der Waals surface area contributed by atoms with Gasteiger partial charge in [-0.1, -0.05) is 0 Å². The maximum absolute atomic E-state index is 13.9. The van der Waals surface area contributed by atoms with Gasteiger partial charge in [0.05, 0.1) is 11.6 Å². The molecule has 4 unspecified atom stereocenters. The van der Waals surface area contributed by atoms with E-state index >= 15 is 0 Å². The van der Waals surface area contributed by atoms with Crippen LogP contribution in [0.1, 0.15) is 30.4 Å². The molecule has 0 spiro atoms. The van der Waals surface area contributed by atoms with Crippen LogP contribution in [0.5, 0.6) is 5.75 Å². The van der Waals surface area contributed by atoms with E-state index in [1.54, 1.807) is 11.0 Å². The van der Waals surface area contributed by atoms with Crippen LogP contribution in [0.15, 0.2) is 29.0 Å². The summed E-state index contributed by atoms with van der Waals surface area (Å²) in [5.41, 5.74) is 3.65. The summed E-state index contributed by atoms with van der Waals surface area (Å²) < 4.78 is 0. The van der Waals surface area contributed by atoms with Gasteiger partial charge < -0.3 is 31.1 Å². The Kier molecular flexibility index (Phi) is 4.62. The van der Waals surface area contributed by atoms with Crippen LogP contribution in [0.4, 0.5) is 5.69 Å². The lowest BCUT2D eigenvalue weighted by molar-refractivity contribution is -0.157. The Bertz CT molecular complexity index is 1260. The van der Waals surface area contributed by atoms with Crippen molar-refractivity contribution >= 4 is 28.9 Å². The number of anilines is 1. The highest BCUT2D eigenvalue weighted by atomic mass is 16.3. The van der Waals surface area contributed by atoms with E-state index in [1.165, 1.54) is 6.07 Å². The monoisotopic (exact) mass is 481 g/mol. The summed E-state index contributed by atoms with van der Waals surface area (Å²) >= 11 is 0. The Morgan fingerprint density at radius 1 is 1.06 bits per heavy atom. The molecule has 0 aromatic heterocycles. The highest BCUT2D eigenvalue weighted by Crippen LogP contribution is 2.54. The van der Waals surface area contributed by atoms with E-state index in [-0.39, 0.29) is 23.3 Å². The predicted octanol–water partition coefficient (Wildman–Crippen LogP) is 0.318. The fourth-order valence-electron chi connectivity index (χ4n) is 6.53. The SMILES string of the molecule is NC(=O)C1=C(O)C2(O)C(=O)C3=C(O)c4c(O)ccc(N5CCC5)c4CC3CC2C(N2CCC2)C1=O. The number of carbonyl (C=O) groups excluding carboxylic acids is 3. The molecule has 6 N–H and O–H groups in total. The molecule has 35 heavy (non-hydrogen) atoms. The van der Waals surface area contributed by atoms with Crippen molar-refractivity contribution in [3.05, 3.63) is 40.2 Å². The van der Waals surface area contributed by atoms with Gasteiger partial charge in [-0.25, -0.2) is 0 Å². The number of hydrogen-bond donors (Lipinski definition) is 5. The number of aliphatic hydroxyl groups excluding tert-OH is 2. The van der Waals surface area contributed by atoms with Crippen molar-refractivity contribution in [1.29, 1.82) is 0 Å². The molecule has 4 atom stereocenters. The number of Topliss-reactive ketones (excluding diaryl/α,β-unsaturated/α-hetero) is 2. The number of nitrogens with zero attached hydrogens (tertiary/aromatic N) is 2. The van der Waals surface area contributed by atoms with E-state index in [0.717, 1.165) is 37.2 Å². The van der Waals surface area contributed by atoms with Gasteiger partial charge in [0.15, 0.2) is 11.4 Å². The first-order chi connectivity index (χ1) is 16.7. The second kappa shape index (κ2) is 7.32. The summed E-state index contributed by atoms with van der Waals surface area (Å²) in [5, 5.41) is 44.5. The Labute approximate surface area is 200 Å². The quantitative estimate of drug-likeness (QED) is 0.382. The van der Waals surface area contributed by atoms with Crippen molar-refractivity contribution in [3.8, 4) is 5.75 Å². The second-order valence-corrected chi connectivity index (χ2v) is 10.2. The lowest BCUT2D eigenvalue weighted by Crippen LogP contribution is -2.68. The molecule has 1 saturated carbocycles. The number of ketones is 2. The number of phenolic OH excluding ortho intramolecular Hbond substituents is 1. The molecule has 184 valence electrons. The van der Waals surface area contributed by atoms with Crippen LogP contribution in [0.3, 0.4) is 0 Å². The van der Waals surface area contributed by atoms with E-state index in [1.807, 2.05) is 0 Å². The number of primary amides is 1. The highest BCUT2D eigenvalue weighted by Gasteiger charge is 2.65. The fourth-order valence-corrected chi connectivity index (χ4v) is 6.53. The number of phenols is 1. The zero-order valence-electron chi connectivity index (χ0n) is 19.0. The van der Waals surface area contributed by atoms with Gasteiger partial charge in [0.25, 0.3) is 5.91 Å². The first-order valence-electron chi connectivity index (χ1n) is 12.0. The van der Waals surface area contributed by atoms with Gasteiger partial charge in [0.2, 0.25) is 5.78 Å². The normalized spacial score (nSPS) is 32.5. The molecule has 1 aromatic carbocycles. The zero-order chi connectivity index (χ0) is 24.8. The molecule has 5 aliphatic rings. The number of fused-ring (bicyclic) bond motifs is 3. The van der Waals surface area contributed by atoms with Gasteiger partial charge in [-0.2, -0.15) is 0 Å². The predicted molar refractivity (Wildman–Crippen MR) is 124 cm³/mol. The summed E-state index contributed by atoms with van der Waals surface area (Å²) in [4.78, 5) is 43.2. The van der Waals surface area contributed by atoms with Crippen LogP contribution in [0.2, 0.25) is 0 Å². The molecular formula is C25H27N3O7. The summed E-state index contributed by atoms with van der Waals surface area (Å²) in [6.45, 7) is 2.80. The average Bonchev–Trinajstić information content (AvgIpc) is 2.72. The minimum Gasteiger partial charge on any atom is -0.508 e. The van der Waals surface area contributed by atoms with Crippen molar-refractivity contribution in [2.75, 3.05) is 31.1 Å². The Balaban J connectivity index is 1.54. The van der Waals surface area contributed by atoms with Gasteiger partial charge in [-0.3, -0.25) is 19.3 Å². The summed E-state index contributed by atoms with van der Waals surface area (Å²) in [5.74, 6) is -6.12. The summed E-state index contributed by atoms with van der Waals surface area (Å²) in [6, 6.07) is 2.28. The van der Waals surface area contributed by atoms with E-state index in [4.69, 9.17) is 5.73 Å². The van der Waals surface area contributed by atoms with E-state index < -0.39 is 58.0 Å². The highest BCUT2D eigenvalue weighted by molar-refractivity contribution is 6.24. The standard InChI is InChI=1S/C25H27N3O7/c26-24(34)18-21(31)19(28-7-2-8-28)13-10-11-9-12-14(27-5-1-6-27)3-4-15(29)17(12)20(30)16(11)22(32)25(13,35)23(18)33/h3-4,11,13,19,29-30,33,35H,1-2,5-10H2,(H2,26,34). The van der Waals surface area contributed by atoms with Gasteiger partial charge in [-0.05, 0) is 49.3 Å². The van der Waals surface area contributed by atoms with Crippen molar-refractivity contribution in [1.82, 2.24) is 4.90 Å². The average molecular weight is 482 g/mol. The number of aliphatic hydroxyl groups is 3. The fraction of sp³-hybridized carbons (Fsp3) is 0.480. The molecule has 1 aromatic rings. The first-order valence-corrected chi connectivity index (χ1v) is 12.0. The minimum absolute atomic E-state index is 0.112. The van der Waals surface area contributed by atoms with Crippen molar-refractivity contribution in [3.63, 3.8) is 0 Å². The molecule has 1 amide bonds. The molecule has 2 aliphatic heterocycles. The van der Waals surface area contributed by atoms with Crippen LogP contribution in [0.25, 0.3) is 5.76 Å². The number of nitrogens with two attached hydrogens (primary N) is 1. The summed E-state index contributed by atoms with van der Waals surface area (Å²) in [7, 11) is 0. The lowest BCUT2D eigenvalue weighted by Gasteiger charge is -2.53. The molecule has 2 heterocycles. The third-order valence-electron chi connectivity index (χ3n) is 8.50. The number of likely N-dealkylation sites (tertiary alicyclic amines) is 1. The van der Waals surface area contributed by atoms with E-state index in [2.05, 4.69) is 4.90 Å². The molecule has 6 rings (SSSR count). The Morgan fingerprint density at radius 2 is 1.74 bits per heavy atom. The third-order valence-corrected chi connectivity index (χ3v) is 8.50. The Morgan fingerprint density at radius 3 is 2.31 bits per heavy atom. The minimum atomic E-state index is -2.58. The maximum Gasteiger partial charge on any atom is 0.255 e. The van der Waals surface area contributed by atoms with Crippen LogP contribution in [0, 0.1) is 11.8 Å². The maximum atomic E-state index is 13.9. The molecule has 2 saturated heterocycles. The molecule has 0 radical (unpaired) electrons. The van der Waals surface area contributed by atoms with Crippen LogP contribution in [-0.4, -0.2) is 80.6 Å². The molecule has 10 heteroatoms. The number of aromatic hydroxyl groups is 1. The second-order valence-electron chi connectivity index (χ2n) is 10.2. The molecule has 10 nitrogen and oxygen atoms in total. The van der Waals surface area contributed by atoms with Crippen molar-refractivity contribution in [2.24, 2.45) is 17.6 Å². The summed E-state index contributed by atoms with van der Waals surface area (Å²) in [6.07, 6.45) is 2.30. The van der Waals surface area contributed by atoms with Gasteiger partial charge in [0, 0.05) is 43.4 Å². The van der Waals surface area contributed by atoms with Crippen molar-refractivity contribution < 1.29 is 34.8 Å². The van der Waals surface area contributed by atoms with Gasteiger partial charge in [-0.15, -0.1) is 0 Å². The zero-order valence-corrected chi connectivity index (χ0v) is 19.0.